The van der Waals surface area contributed by atoms with Crippen molar-refractivity contribution in [3.63, 3.8) is 0 Å². The minimum atomic E-state index is -0.460. The van der Waals surface area contributed by atoms with Crippen LogP contribution < -0.4 is 5.73 Å². The first-order chi connectivity index (χ1) is 17.4. The van der Waals surface area contributed by atoms with Crippen LogP contribution in [0.2, 0.25) is 10.0 Å². The Morgan fingerprint density at radius 1 is 0.917 bits per heavy atom. The number of hydrogen-bond donors (Lipinski definition) is 1. The number of carbonyl (C=O) groups is 1. The average Bonchev–Trinajstić information content (AvgIpc) is 3.18. The van der Waals surface area contributed by atoms with E-state index in [2.05, 4.69) is 60.0 Å². The first-order valence-electron chi connectivity index (χ1n) is 11.6. The number of primary amides is 1. The number of nitrogens with zero attached hydrogens (tertiary/aromatic N) is 1. The minimum Gasteiger partial charge on any atom is -0.366 e. The molecule has 0 aliphatic heterocycles. The van der Waals surface area contributed by atoms with Crippen molar-refractivity contribution in [2.75, 3.05) is 0 Å². The number of rotatable bonds is 4. The van der Waals surface area contributed by atoms with E-state index in [9.17, 15) is 4.79 Å². The van der Waals surface area contributed by atoms with Crippen molar-refractivity contribution >= 4 is 61.7 Å². The van der Waals surface area contributed by atoms with Crippen LogP contribution in [0.5, 0.6) is 0 Å². The number of carbonyl (C=O) groups excluding carboxylic acids is 1. The number of halogens is 2. The van der Waals surface area contributed by atoms with Crippen molar-refractivity contribution in [3.8, 4) is 11.1 Å². The summed E-state index contributed by atoms with van der Waals surface area (Å²) >= 11 is 12.7. The van der Waals surface area contributed by atoms with Crippen molar-refractivity contribution in [1.29, 1.82) is 0 Å². The second-order valence-corrected chi connectivity index (χ2v) is 9.85. The molecule has 1 aromatic heterocycles. The third-order valence-corrected chi connectivity index (χ3v) is 7.41. The lowest BCUT2D eigenvalue weighted by Crippen LogP contribution is -2.11. The average molecular weight is 508 g/mol. The Morgan fingerprint density at radius 2 is 1.72 bits per heavy atom. The highest BCUT2D eigenvalue weighted by Crippen LogP contribution is 2.37. The molecule has 6 aromatic rings. The highest BCUT2D eigenvalue weighted by molar-refractivity contribution is 6.36. The van der Waals surface area contributed by atoms with Gasteiger partial charge in [-0.3, -0.25) is 4.79 Å². The number of amides is 1. The molecule has 0 unspecified atom stereocenters. The predicted molar refractivity (Wildman–Crippen MR) is 150 cm³/mol. The van der Waals surface area contributed by atoms with Crippen LogP contribution in [0, 0.1) is 13.0 Å². The van der Waals surface area contributed by atoms with Gasteiger partial charge in [0.1, 0.15) is 0 Å². The zero-order chi connectivity index (χ0) is 25.0. The molecule has 6 rings (SSSR count). The highest BCUT2D eigenvalue weighted by atomic mass is 35.5. The summed E-state index contributed by atoms with van der Waals surface area (Å²) in [6, 6.07) is 31.4. The molecule has 175 valence electrons. The van der Waals surface area contributed by atoms with Gasteiger partial charge < -0.3 is 10.3 Å². The molecule has 1 heterocycles. The van der Waals surface area contributed by atoms with Gasteiger partial charge in [0.2, 0.25) is 5.91 Å². The molecule has 5 heteroatoms. The Bertz CT molecular complexity index is 1830. The maximum Gasteiger partial charge on any atom is 0.249 e. The standard InChI is InChI=1S/C31H21Cl2N2O/c1-18-9-10-20(23-6-3-2-5-22(18)23)17-35-28-8-4-7-26(31(34)36)30(28)25-13-11-19(15-29(25)35)24-14-12-21(32)16-27(24)33/h2-12,14-16H,17H2,1H3,(H2,34,36). The molecular weight excluding hydrogens is 487 g/mol. The molecule has 36 heavy (non-hydrogen) atoms. The third kappa shape index (κ3) is 3.63. The van der Waals surface area contributed by atoms with Crippen LogP contribution in [-0.4, -0.2) is 10.5 Å². The van der Waals surface area contributed by atoms with E-state index in [1.165, 1.54) is 21.9 Å². The fourth-order valence-corrected chi connectivity index (χ4v) is 5.65. The Labute approximate surface area is 218 Å². The summed E-state index contributed by atoms with van der Waals surface area (Å²) in [5.74, 6) is -0.460. The summed E-state index contributed by atoms with van der Waals surface area (Å²) in [5, 5.41) is 5.25. The second-order valence-electron chi connectivity index (χ2n) is 9.01. The Hall–Kier alpha value is -3.79. The Morgan fingerprint density at radius 3 is 2.50 bits per heavy atom. The normalized spacial score (nSPS) is 11.5. The van der Waals surface area contributed by atoms with E-state index in [4.69, 9.17) is 28.9 Å². The topological polar surface area (TPSA) is 48.0 Å². The maximum atomic E-state index is 12.4. The largest absolute Gasteiger partial charge is 0.366 e. The summed E-state index contributed by atoms with van der Waals surface area (Å²) < 4.78 is 2.23. The summed E-state index contributed by atoms with van der Waals surface area (Å²) in [6.45, 7) is 2.75. The predicted octanol–water partition coefficient (Wildman–Crippen LogP) is 8.18. The number of aromatic nitrogens is 1. The molecule has 0 aliphatic carbocycles. The van der Waals surface area contributed by atoms with Gasteiger partial charge in [-0.1, -0.05) is 71.7 Å². The highest BCUT2D eigenvalue weighted by Gasteiger charge is 2.18. The number of nitrogens with two attached hydrogens (primary N) is 1. The van der Waals surface area contributed by atoms with E-state index in [0.29, 0.717) is 22.2 Å². The van der Waals surface area contributed by atoms with E-state index in [1.807, 2.05) is 30.3 Å². The molecule has 1 radical (unpaired) electrons. The maximum absolute atomic E-state index is 12.4. The minimum absolute atomic E-state index is 0.460. The van der Waals surface area contributed by atoms with Gasteiger partial charge >= 0.3 is 0 Å². The second kappa shape index (κ2) is 8.70. The quantitative estimate of drug-likeness (QED) is 0.257. The monoisotopic (exact) mass is 507 g/mol. The number of benzene rings is 5. The van der Waals surface area contributed by atoms with Crippen molar-refractivity contribution in [2.24, 2.45) is 5.73 Å². The molecule has 0 aliphatic rings. The van der Waals surface area contributed by atoms with Crippen LogP contribution in [0.4, 0.5) is 0 Å². The smallest absolute Gasteiger partial charge is 0.249 e. The number of hydrogen-bond acceptors (Lipinski definition) is 1. The molecule has 0 saturated heterocycles. The summed E-state index contributed by atoms with van der Waals surface area (Å²) in [6.07, 6.45) is 0. The van der Waals surface area contributed by atoms with E-state index in [0.717, 1.165) is 32.9 Å². The van der Waals surface area contributed by atoms with Crippen molar-refractivity contribution < 1.29 is 4.79 Å². The molecule has 0 saturated carbocycles. The summed E-state index contributed by atoms with van der Waals surface area (Å²) in [7, 11) is 0. The summed E-state index contributed by atoms with van der Waals surface area (Å²) in [4.78, 5) is 12.4. The fourth-order valence-electron chi connectivity index (χ4n) is 5.13. The lowest BCUT2D eigenvalue weighted by molar-refractivity contribution is 0.100. The van der Waals surface area contributed by atoms with Crippen LogP contribution in [-0.2, 0) is 6.54 Å². The van der Waals surface area contributed by atoms with Gasteiger partial charge in [-0.25, -0.2) is 0 Å². The number of aryl methyl sites for hydroxylation is 1. The lowest BCUT2D eigenvalue weighted by atomic mass is 10.00. The zero-order valence-corrected chi connectivity index (χ0v) is 21.0. The van der Waals surface area contributed by atoms with E-state index in [-0.39, 0.29) is 0 Å². The zero-order valence-electron chi connectivity index (χ0n) is 19.5. The Kier molecular flexibility index (Phi) is 5.48. The van der Waals surface area contributed by atoms with Gasteiger partial charge in [0.15, 0.2) is 0 Å². The van der Waals surface area contributed by atoms with Gasteiger partial charge in [0.25, 0.3) is 0 Å². The van der Waals surface area contributed by atoms with Gasteiger partial charge in [0.05, 0.1) is 11.0 Å². The van der Waals surface area contributed by atoms with Crippen LogP contribution in [0.1, 0.15) is 21.5 Å². The van der Waals surface area contributed by atoms with Crippen molar-refractivity contribution in [3.05, 3.63) is 118 Å². The molecule has 3 nitrogen and oxygen atoms in total. The first kappa shape index (κ1) is 22.7. The van der Waals surface area contributed by atoms with E-state index in [1.54, 1.807) is 12.1 Å². The third-order valence-electron chi connectivity index (χ3n) is 6.86. The first-order valence-corrected chi connectivity index (χ1v) is 12.4. The lowest BCUT2D eigenvalue weighted by Gasteiger charge is -2.13. The van der Waals surface area contributed by atoms with Crippen LogP contribution in [0.25, 0.3) is 43.7 Å². The van der Waals surface area contributed by atoms with Crippen LogP contribution in [0.3, 0.4) is 0 Å². The molecule has 0 spiro atoms. The van der Waals surface area contributed by atoms with Gasteiger partial charge in [0, 0.05) is 38.5 Å². The SMILES string of the molecule is Cc1ccc(Cn2c3cc(-c4ccc(Cl)cc4Cl)c[c]c3c3c(C(N)=O)cccc32)c2ccccc12. The Balaban J connectivity index is 1.65. The van der Waals surface area contributed by atoms with Gasteiger partial charge in [-0.15, -0.1) is 0 Å². The molecular formula is C31H21Cl2N2O. The molecule has 0 bridgehead atoms. The fraction of sp³-hybridized carbons (Fsp3) is 0.0645. The van der Waals surface area contributed by atoms with E-state index < -0.39 is 5.91 Å². The van der Waals surface area contributed by atoms with Gasteiger partial charge in [-0.2, -0.15) is 0 Å². The molecule has 0 atom stereocenters. The molecule has 1 amide bonds. The van der Waals surface area contributed by atoms with Crippen molar-refractivity contribution in [2.45, 2.75) is 13.5 Å². The summed E-state index contributed by atoms with van der Waals surface area (Å²) in [5.41, 5.74) is 12.4. The van der Waals surface area contributed by atoms with Crippen molar-refractivity contribution in [1.82, 2.24) is 4.57 Å². The van der Waals surface area contributed by atoms with Gasteiger partial charge in [-0.05, 0) is 76.9 Å². The number of fused-ring (bicyclic) bond motifs is 4. The molecule has 2 N–H and O–H groups in total. The van der Waals surface area contributed by atoms with E-state index >= 15 is 0 Å². The molecule has 0 fully saturated rings. The molecule has 5 aromatic carbocycles. The van der Waals surface area contributed by atoms with Crippen LogP contribution >= 0.6 is 23.2 Å². The van der Waals surface area contributed by atoms with Crippen LogP contribution in [0.15, 0.2) is 84.9 Å².